The van der Waals surface area contributed by atoms with Crippen LogP contribution < -0.4 is 0 Å². The molecule has 0 radical (unpaired) electrons. The topological polar surface area (TPSA) is 47.3 Å². The SMILES string of the molecule is CC(c1ccccc1)N1CSC2=C(C#N)C(c3ccc(Cl)cc3)CC(=O)N2C1. The zero-order chi connectivity index (χ0) is 19.7. The number of carbonyl (C=O) groups is 1. The second-order valence-electron chi connectivity index (χ2n) is 7.05. The summed E-state index contributed by atoms with van der Waals surface area (Å²) in [7, 11) is 0. The molecule has 2 aromatic carbocycles. The van der Waals surface area contributed by atoms with Crippen molar-refractivity contribution in [1.29, 1.82) is 5.26 Å². The molecular weight excluding hydrogens is 390 g/mol. The number of nitrogens with zero attached hydrogens (tertiary/aromatic N) is 3. The molecule has 1 fully saturated rings. The van der Waals surface area contributed by atoms with E-state index in [0.717, 1.165) is 16.5 Å². The molecule has 6 heteroatoms. The first-order chi connectivity index (χ1) is 13.6. The minimum absolute atomic E-state index is 0.0615. The maximum absolute atomic E-state index is 13.0. The van der Waals surface area contributed by atoms with E-state index >= 15 is 0 Å². The van der Waals surface area contributed by atoms with Gasteiger partial charge in [-0.2, -0.15) is 5.26 Å². The second kappa shape index (κ2) is 8.00. The second-order valence-corrected chi connectivity index (χ2v) is 8.42. The van der Waals surface area contributed by atoms with Crippen molar-refractivity contribution in [1.82, 2.24) is 9.80 Å². The highest BCUT2D eigenvalue weighted by Gasteiger charge is 2.39. The number of thioether (sulfide) groups is 1. The molecule has 1 amide bonds. The van der Waals surface area contributed by atoms with Gasteiger partial charge in [-0.3, -0.25) is 14.6 Å². The van der Waals surface area contributed by atoms with E-state index < -0.39 is 0 Å². The Balaban J connectivity index is 1.62. The van der Waals surface area contributed by atoms with Gasteiger partial charge in [0.05, 0.1) is 29.2 Å². The number of allylic oxidation sites excluding steroid dienone is 1. The summed E-state index contributed by atoms with van der Waals surface area (Å²) in [6.07, 6.45) is 0.308. The van der Waals surface area contributed by atoms with E-state index in [4.69, 9.17) is 11.6 Å². The molecule has 2 aromatic rings. The summed E-state index contributed by atoms with van der Waals surface area (Å²) in [6.45, 7) is 2.66. The predicted molar refractivity (Wildman–Crippen MR) is 112 cm³/mol. The molecule has 2 aliphatic rings. The molecule has 0 bridgehead atoms. The molecule has 0 aromatic heterocycles. The number of hydrogen-bond acceptors (Lipinski definition) is 4. The van der Waals surface area contributed by atoms with Crippen LogP contribution in [0.25, 0.3) is 0 Å². The Kier molecular flexibility index (Phi) is 5.45. The Morgan fingerprint density at radius 3 is 2.57 bits per heavy atom. The molecule has 0 saturated carbocycles. The minimum atomic E-state index is -0.202. The first-order valence-corrected chi connectivity index (χ1v) is 10.6. The van der Waals surface area contributed by atoms with Gasteiger partial charge in [0.15, 0.2) is 0 Å². The normalized spacial score (nSPS) is 21.2. The van der Waals surface area contributed by atoms with Crippen LogP contribution >= 0.6 is 23.4 Å². The number of rotatable bonds is 3. The number of nitriles is 1. The van der Waals surface area contributed by atoms with Gasteiger partial charge >= 0.3 is 0 Å². The van der Waals surface area contributed by atoms with Crippen molar-refractivity contribution in [2.45, 2.75) is 25.3 Å². The Bertz CT molecular complexity index is 952. The highest BCUT2D eigenvalue weighted by atomic mass is 35.5. The maximum atomic E-state index is 13.0. The lowest BCUT2D eigenvalue weighted by molar-refractivity contribution is -0.132. The summed E-state index contributed by atoms with van der Waals surface area (Å²) in [6, 6.07) is 20.3. The first kappa shape index (κ1) is 19.1. The van der Waals surface area contributed by atoms with Crippen LogP contribution in [0.3, 0.4) is 0 Å². The molecular formula is C22H20ClN3OS. The van der Waals surface area contributed by atoms with Crippen molar-refractivity contribution in [2.24, 2.45) is 0 Å². The van der Waals surface area contributed by atoms with Crippen LogP contribution in [-0.4, -0.2) is 28.3 Å². The summed E-state index contributed by atoms with van der Waals surface area (Å²) in [4.78, 5) is 17.0. The average molecular weight is 410 g/mol. The first-order valence-electron chi connectivity index (χ1n) is 9.20. The largest absolute Gasteiger partial charge is 0.292 e. The maximum Gasteiger partial charge on any atom is 0.229 e. The van der Waals surface area contributed by atoms with Gasteiger partial charge in [0, 0.05) is 23.4 Å². The fourth-order valence-corrected chi connectivity index (χ4v) is 5.12. The third-order valence-electron chi connectivity index (χ3n) is 5.42. The fourth-order valence-electron chi connectivity index (χ4n) is 3.74. The number of hydrogen-bond donors (Lipinski definition) is 0. The average Bonchev–Trinajstić information content (AvgIpc) is 2.74. The Morgan fingerprint density at radius 1 is 1.18 bits per heavy atom. The van der Waals surface area contributed by atoms with E-state index in [1.165, 1.54) is 5.56 Å². The molecule has 4 nitrogen and oxygen atoms in total. The van der Waals surface area contributed by atoms with Crippen molar-refractivity contribution in [2.75, 3.05) is 12.5 Å². The molecule has 2 unspecified atom stereocenters. The highest BCUT2D eigenvalue weighted by Crippen LogP contribution is 2.43. The van der Waals surface area contributed by atoms with Crippen molar-refractivity contribution in [3.05, 3.63) is 81.3 Å². The molecule has 0 aliphatic carbocycles. The zero-order valence-electron chi connectivity index (χ0n) is 15.5. The van der Waals surface area contributed by atoms with Crippen molar-refractivity contribution in [3.63, 3.8) is 0 Å². The molecule has 4 rings (SSSR count). The lowest BCUT2D eigenvalue weighted by atomic mass is 9.86. The number of amides is 1. The fraction of sp³-hybridized carbons (Fsp3) is 0.273. The molecule has 28 heavy (non-hydrogen) atoms. The van der Waals surface area contributed by atoms with Crippen LogP contribution in [0.4, 0.5) is 0 Å². The van der Waals surface area contributed by atoms with E-state index in [-0.39, 0.29) is 17.9 Å². The van der Waals surface area contributed by atoms with Crippen molar-refractivity contribution >= 4 is 29.3 Å². The van der Waals surface area contributed by atoms with Gasteiger partial charge in [-0.05, 0) is 30.2 Å². The van der Waals surface area contributed by atoms with Gasteiger partial charge < -0.3 is 0 Å². The Morgan fingerprint density at radius 2 is 1.89 bits per heavy atom. The van der Waals surface area contributed by atoms with E-state index in [1.807, 2.05) is 42.5 Å². The van der Waals surface area contributed by atoms with E-state index in [9.17, 15) is 10.1 Å². The van der Waals surface area contributed by atoms with Crippen LogP contribution in [0.15, 0.2) is 65.2 Å². The van der Waals surface area contributed by atoms with Crippen LogP contribution in [0.2, 0.25) is 5.02 Å². The molecule has 2 aliphatic heterocycles. The van der Waals surface area contributed by atoms with Crippen LogP contribution in [0.1, 0.15) is 36.4 Å². The Labute approximate surface area is 174 Å². The summed E-state index contributed by atoms with van der Waals surface area (Å²) in [5, 5.41) is 11.3. The molecule has 1 saturated heterocycles. The van der Waals surface area contributed by atoms with Crippen molar-refractivity contribution < 1.29 is 4.79 Å². The van der Waals surface area contributed by atoms with Crippen molar-refractivity contribution in [3.8, 4) is 6.07 Å². The van der Waals surface area contributed by atoms with E-state index in [1.54, 1.807) is 16.7 Å². The quantitative estimate of drug-likeness (QED) is 0.706. The predicted octanol–water partition coefficient (Wildman–Crippen LogP) is 5.12. The third kappa shape index (κ3) is 3.56. The zero-order valence-corrected chi connectivity index (χ0v) is 17.1. The van der Waals surface area contributed by atoms with Gasteiger partial charge in [-0.15, -0.1) is 0 Å². The molecule has 0 spiro atoms. The number of fused-ring (bicyclic) bond motifs is 1. The lowest BCUT2D eigenvalue weighted by Crippen LogP contribution is -2.47. The number of benzene rings is 2. The van der Waals surface area contributed by atoms with Crippen LogP contribution in [-0.2, 0) is 4.79 Å². The molecule has 142 valence electrons. The van der Waals surface area contributed by atoms with Gasteiger partial charge in [0.25, 0.3) is 0 Å². The van der Waals surface area contributed by atoms with E-state index in [2.05, 4.69) is 30.0 Å². The lowest BCUT2D eigenvalue weighted by Gasteiger charge is -2.43. The Hall–Kier alpha value is -2.26. The standard InChI is InChI=1S/C22H20ClN3OS/c1-15(16-5-3-2-4-6-16)25-13-26-21(27)11-19(17-7-9-18(23)10-8-17)20(12-24)22(26)28-14-25/h2-10,15,19H,11,13-14H2,1H3. The number of carbonyl (C=O) groups excluding carboxylic acids is 1. The van der Waals surface area contributed by atoms with Gasteiger partial charge in [0.2, 0.25) is 5.91 Å². The molecule has 2 heterocycles. The summed E-state index contributed by atoms with van der Waals surface area (Å²) < 4.78 is 0. The van der Waals surface area contributed by atoms with Crippen LogP contribution in [0, 0.1) is 11.3 Å². The number of halogens is 1. The van der Waals surface area contributed by atoms with Gasteiger partial charge in [-0.1, -0.05) is 65.8 Å². The summed E-state index contributed by atoms with van der Waals surface area (Å²) >= 11 is 7.57. The smallest absolute Gasteiger partial charge is 0.229 e. The van der Waals surface area contributed by atoms with Gasteiger partial charge in [-0.25, -0.2) is 0 Å². The minimum Gasteiger partial charge on any atom is -0.292 e. The monoisotopic (exact) mass is 409 g/mol. The van der Waals surface area contributed by atoms with Crippen LogP contribution in [0.5, 0.6) is 0 Å². The summed E-state index contributed by atoms with van der Waals surface area (Å²) in [5.41, 5.74) is 2.86. The third-order valence-corrected chi connectivity index (χ3v) is 6.84. The summed E-state index contributed by atoms with van der Waals surface area (Å²) in [5.74, 6) is 0.603. The van der Waals surface area contributed by atoms with E-state index in [0.29, 0.717) is 23.7 Å². The molecule has 0 N–H and O–H groups in total. The molecule has 2 atom stereocenters. The van der Waals surface area contributed by atoms with Gasteiger partial charge in [0.1, 0.15) is 0 Å². The highest BCUT2D eigenvalue weighted by molar-refractivity contribution is 8.03.